The number of allylic oxidation sites excluding steroid dienone is 1. The van der Waals surface area contributed by atoms with Crippen molar-refractivity contribution in [1.82, 2.24) is 4.98 Å². The molecule has 1 aliphatic heterocycles. The van der Waals surface area contributed by atoms with Crippen LogP contribution in [0.1, 0.15) is 5.56 Å². The van der Waals surface area contributed by atoms with Crippen LogP contribution in [-0.4, -0.2) is 16.1 Å². The molecule has 118 valence electrons. The number of halogens is 1. The Balaban J connectivity index is 1.84. The number of nitrogens with zero attached hydrogens (tertiary/aromatic N) is 3. The standard InChI is InChI=1S/C17H11ClN4O2/c18-16-15(21-13-3-1-2-4-14(13)22-16)12(9-19)17(23)24-10-11-5-7-20-8-6-11/h1-8,21H,10H2/b15-12+. The number of aliphatic imine (C=N–C) groups is 1. The van der Waals surface area contributed by atoms with Crippen molar-refractivity contribution in [3.05, 3.63) is 65.6 Å². The highest BCUT2D eigenvalue weighted by Gasteiger charge is 2.24. The number of carbonyl (C=O) groups is 1. The number of nitriles is 1. The molecule has 0 saturated heterocycles. The van der Waals surface area contributed by atoms with E-state index in [-0.39, 0.29) is 23.0 Å². The van der Waals surface area contributed by atoms with Crippen molar-refractivity contribution in [2.24, 2.45) is 4.99 Å². The molecule has 1 aromatic carbocycles. The number of carbonyl (C=O) groups excluding carboxylic acids is 1. The molecule has 0 spiro atoms. The summed E-state index contributed by atoms with van der Waals surface area (Å²) in [6.07, 6.45) is 3.19. The van der Waals surface area contributed by atoms with Gasteiger partial charge in [-0.25, -0.2) is 9.79 Å². The minimum Gasteiger partial charge on any atom is -0.457 e. The molecule has 0 unspecified atom stereocenters. The third-order valence-corrected chi connectivity index (χ3v) is 3.55. The van der Waals surface area contributed by atoms with Crippen molar-refractivity contribution >= 4 is 34.1 Å². The van der Waals surface area contributed by atoms with Crippen molar-refractivity contribution in [2.45, 2.75) is 6.61 Å². The van der Waals surface area contributed by atoms with Crippen LogP contribution in [0.25, 0.3) is 0 Å². The number of anilines is 1. The van der Waals surface area contributed by atoms with Crippen molar-refractivity contribution in [2.75, 3.05) is 5.32 Å². The second-order valence-corrected chi connectivity index (χ2v) is 5.20. The van der Waals surface area contributed by atoms with E-state index in [0.717, 1.165) is 5.56 Å². The Labute approximate surface area is 143 Å². The zero-order chi connectivity index (χ0) is 16.9. The lowest BCUT2D eigenvalue weighted by molar-refractivity contribution is -0.139. The molecular weight excluding hydrogens is 328 g/mol. The fourth-order valence-electron chi connectivity index (χ4n) is 2.09. The van der Waals surface area contributed by atoms with Crippen LogP contribution in [-0.2, 0) is 16.1 Å². The molecule has 0 fully saturated rings. The molecule has 3 rings (SSSR count). The Bertz CT molecular complexity index is 885. The van der Waals surface area contributed by atoms with Gasteiger partial charge < -0.3 is 10.1 Å². The van der Waals surface area contributed by atoms with Gasteiger partial charge in [0, 0.05) is 12.4 Å². The third kappa shape index (κ3) is 3.26. The van der Waals surface area contributed by atoms with E-state index >= 15 is 0 Å². The third-order valence-electron chi connectivity index (χ3n) is 3.27. The van der Waals surface area contributed by atoms with Crippen LogP contribution in [0.3, 0.4) is 0 Å². The van der Waals surface area contributed by atoms with Gasteiger partial charge in [-0.1, -0.05) is 23.7 Å². The molecule has 1 N–H and O–H groups in total. The summed E-state index contributed by atoms with van der Waals surface area (Å²) in [4.78, 5) is 20.3. The minimum absolute atomic E-state index is 0.0329. The highest BCUT2D eigenvalue weighted by molar-refractivity contribution is 6.70. The first-order chi connectivity index (χ1) is 11.7. The number of aromatic nitrogens is 1. The first-order valence-corrected chi connectivity index (χ1v) is 7.38. The number of para-hydroxylation sites is 2. The summed E-state index contributed by atoms with van der Waals surface area (Å²) in [6, 6.07) is 12.4. The predicted octanol–water partition coefficient (Wildman–Crippen LogP) is 3.30. The number of fused-ring (bicyclic) bond motifs is 1. The van der Waals surface area contributed by atoms with Crippen LogP contribution in [0, 0.1) is 11.3 Å². The van der Waals surface area contributed by atoms with Gasteiger partial charge in [0.15, 0.2) is 10.7 Å². The summed E-state index contributed by atoms with van der Waals surface area (Å²) < 4.78 is 5.17. The molecule has 1 aliphatic rings. The predicted molar refractivity (Wildman–Crippen MR) is 89.7 cm³/mol. The van der Waals surface area contributed by atoms with Gasteiger partial charge in [-0.05, 0) is 29.8 Å². The molecular formula is C17H11ClN4O2. The highest BCUT2D eigenvalue weighted by Crippen LogP contribution is 2.32. The molecule has 0 bridgehead atoms. The average Bonchev–Trinajstić information content (AvgIpc) is 2.62. The van der Waals surface area contributed by atoms with Crippen LogP contribution in [0.15, 0.2) is 65.1 Å². The van der Waals surface area contributed by atoms with E-state index < -0.39 is 5.97 Å². The Morgan fingerprint density at radius 2 is 2.00 bits per heavy atom. The molecule has 0 amide bonds. The first kappa shape index (κ1) is 15.7. The summed E-state index contributed by atoms with van der Waals surface area (Å²) in [5.74, 6) is -0.774. The quantitative estimate of drug-likeness (QED) is 0.527. The van der Waals surface area contributed by atoms with Crippen LogP contribution in [0.4, 0.5) is 11.4 Å². The lowest BCUT2D eigenvalue weighted by Crippen LogP contribution is -2.18. The zero-order valence-corrected chi connectivity index (χ0v) is 13.1. The Hall–Kier alpha value is -3.17. The van der Waals surface area contributed by atoms with Crippen molar-refractivity contribution in [3.8, 4) is 6.07 Å². The summed E-state index contributed by atoms with van der Waals surface area (Å²) in [6.45, 7) is 0.0329. The largest absolute Gasteiger partial charge is 0.457 e. The molecule has 0 saturated carbocycles. The van der Waals surface area contributed by atoms with E-state index in [0.29, 0.717) is 11.4 Å². The van der Waals surface area contributed by atoms with Gasteiger partial charge in [-0.3, -0.25) is 4.98 Å². The summed E-state index contributed by atoms with van der Waals surface area (Å²) in [5.41, 5.74) is 1.97. The van der Waals surface area contributed by atoms with Crippen LogP contribution < -0.4 is 5.32 Å². The van der Waals surface area contributed by atoms with Gasteiger partial charge in [0.2, 0.25) is 0 Å². The first-order valence-electron chi connectivity index (χ1n) is 7.00. The number of nitrogens with one attached hydrogen (secondary N) is 1. The average molecular weight is 339 g/mol. The number of benzene rings is 1. The molecule has 0 radical (unpaired) electrons. The van der Waals surface area contributed by atoms with Gasteiger partial charge in [-0.2, -0.15) is 5.26 Å². The summed E-state index contributed by atoms with van der Waals surface area (Å²) in [5, 5.41) is 12.3. The fourth-order valence-corrected chi connectivity index (χ4v) is 2.33. The molecule has 6 nitrogen and oxygen atoms in total. The van der Waals surface area contributed by atoms with Crippen LogP contribution >= 0.6 is 11.6 Å². The summed E-state index contributed by atoms with van der Waals surface area (Å²) >= 11 is 6.11. The van der Waals surface area contributed by atoms with E-state index in [1.54, 1.807) is 36.7 Å². The maximum Gasteiger partial charge on any atom is 0.351 e. The fraction of sp³-hybridized carbons (Fsp3) is 0.0588. The van der Waals surface area contributed by atoms with Crippen LogP contribution in [0.2, 0.25) is 0 Å². The molecule has 7 heteroatoms. The molecule has 0 aliphatic carbocycles. The van der Waals surface area contributed by atoms with E-state index in [2.05, 4.69) is 15.3 Å². The van der Waals surface area contributed by atoms with E-state index in [4.69, 9.17) is 16.3 Å². The number of hydrogen-bond acceptors (Lipinski definition) is 6. The molecule has 2 heterocycles. The molecule has 24 heavy (non-hydrogen) atoms. The Kier molecular flexibility index (Phi) is 4.54. The van der Waals surface area contributed by atoms with Crippen molar-refractivity contribution in [1.29, 1.82) is 5.26 Å². The van der Waals surface area contributed by atoms with Crippen molar-refractivity contribution < 1.29 is 9.53 Å². The minimum atomic E-state index is -0.774. The topological polar surface area (TPSA) is 87.4 Å². The SMILES string of the molecule is N#C/C(C(=O)OCc1ccncc1)=C1\Nc2ccccc2N=C1Cl. The van der Waals surface area contributed by atoms with Gasteiger partial charge >= 0.3 is 5.97 Å². The zero-order valence-electron chi connectivity index (χ0n) is 12.4. The van der Waals surface area contributed by atoms with Gasteiger partial charge in [-0.15, -0.1) is 0 Å². The Morgan fingerprint density at radius 3 is 2.75 bits per heavy atom. The summed E-state index contributed by atoms with van der Waals surface area (Å²) in [7, 11) is 0. The molecule has 0 atom stereocenters. The van der Waals surface area contributed by atoms with E-state index in [1.165, 1.54) is 0 Å². The second kappa shape index (κ2) is 6.94. The second-order valence-electron chi connectivity index (χ2n) is 4.84. The number of hydrogen-bond donors (Lipinski definition) is 1. The van der Waals surface area contributed by atoms with Gasteiger partial charge in [0.1, 0.15) is 18.4 Å². The van der Waals surface area contributed by atoms with Gasteiger partial charge in [0.25, 0.3) is 0 Å². The lowest BCUT2D eigenvalue weighted by Gasteiger charge is -2.18. The lowest BCUT2D eigenvalue weighted by atomic mass is 10.1. The van der Waals surface area contributed by atoms with E-state index in [9.17, 15) is 10.1 Å². The van der Waals surface area contributed by atoms with Crippen molar-refractivity contribution in [3.63, 3.8) is 0 Å². The van der Waals surface area contributed by atoms with E-state index in [1.807, 2.05) is 18.2 Å². The smallest absolute Gasteiger partial charge is 0.351 e. The number of ether oxygens (including phenoxy) is 1. The van der Waals surface area contributed by atoms with Gasteiger partial charge in [0.05, 0.1) is 11.4 Å². The monoisotopic (exact) mass is 338 g/mol. The molecule has 2 aromatic rings. The van der Waals surface area contributed by atoms with Crippen LogP contribution in [0.5, 0.6) is 0 Å². The maximum atomic E-state index is 12.2. The molecule has 1 aromatic heterocycles. The normalized spacial score (nSPS) is 14.6. The number of esters is 1. The Morgan fingerprint density at radius 1 is 1.25 bits per heavy atom. The maximum absolute atomic E-state index is 12.2. The number of pyridine rings is 1. The number of rotatable bonds is 3. The highest BCUT2D eigenvalue weighted by atomic mass is 35.5.